The van der Waals surface area contributed by atoms with Gasteiger partial charge in [0.25, 0.3) is 0 Å². The summed E-state index contributed by atoms with van der Waals surface area (Å²) in [6.45, 7) is 3.98. The molecule has 1 saturated carbocycles. The van der Waals surface area contributed by atoms with Crippen LogP contribution in [0.1, 0.15) is 19.8 Å². The average molecular weight is 234 g/mol. The van der Waals surface area contributed by atoms with Crippen LogP contribution in [0.25, 0.3) is 0 Å². The van der Waals surface area contributed by atoms with Crippen molar-refractivity contribution in [2.24, 2.45) is 11.7 Å². The van der Waals surface area contributed by atoms with Crippen molar-refractivity contribution in [3.8, 4) is 0 Å². The Labute approximate surface area is 103 Å². The summed E-state index contributed by atoms with van der Waals surface area (Å²) in [4.78, 5) is 2.20. The SMILES string of the molecule is CCN(CC(O)(CN)C1CC1)c1ccccc1. The number of rotatable bonds is 6. The first-order chi connectivity index (χ1) is 8.19. The fourth-order valence-electron chi connectivity index (χ4n) is 2.34. The highest BCUT2D eigenvalue weighted by Gasteiger charge is 2.43. The van der Waals surface area contributed by atoms with Crippen LogP contribution in [-0.2, 0) is 0 Å². The second-order valence-electron chi connectivity index (χ2n) is 4.93. The third-order valence-corrected chi connectivity index (χ3v) is 3.66. The van der Waals surface area contributed by atoms with Gasteiger partial charge in [0.05, 0.1) is 5.60 Å². The molecule has 3 heteroatoms. The molecule has 0 aromatic heterocycles. The molecule has 0 saturated heterocycles. The Morgan fingerprint density at radius 1 is 1.35 bits per heavy atom. The highest BCUT2D eigenvalue weighted by atomic mass is 16.3. The van der Waals surface area contributed by atoms with Gasteiger partial charge < -0.3 is 15.7 Å². The van der Waals surface area contributed by atoms with E-state index in [1.165, 1.54) is 0 Å². The molecule has 0 amide bonds. The number of nitrogens with zero attached hydrogens (tertiary/aromatic N) is 1. The molecule has 1 aliphatic carbocycles. The smallest absolute Gasteiger partial charge is 0.0970 e. The van der Waals surface area contributed by atoms with Crippen molar-refractivity contribution in [1.82, 2.24) is 0 Å². The summed E-state index contributed by atoms with van der Waals surface area (Å²) in [7, 11) is 0. The molecule has 1 aliphatic rings. The fourth-order valence-corrected chi connectivity index (χ4v) is 2.34. The maximum absolute atomic E-state index is 10.6. The second kappa shape index (κ2) is 5.07. The van der Waals surface area contributed by atoms with Crippen molar-refractivity contribution in [2.45, 2.75) is 25.4 Å². The van der Waals surface area contributed by atoms with E-state index in [-0.39, 0.29) is 0 Å². The minimum absolute atomic E-state index is 0.348. The van der Waals surface area contributed by atoms with E-state index in [0.717, 1.165) is 25.1 Å². The van der Waals surface area contributed by atoms with E-state index >= 15 is 0 Å². The third kappa shape index (κ3) is 2.79. The molecule has 17 heavy (non-hydrogen) atoms. The van der Waals surface area contributed by atoms with Gasteiger partial charge in [0, 0.05) is 25.3 Å². The second-order valence-corrected chi connectivity index (χ2v) is 4.93. The zero-order valence-corrected chi connectivity index (χ0v) is 10.5. The number of likely N-dealkylation sites (N-methyl/N-ethyl adjacent to an activating group) is 1. The molecule has 3 N–H and O–H groups in total. The standard InChI is InChI=1S/C14H22N2O/c1-2-16(13-6-4-3-5-7-13)11-14(17,10-15)12-8-9-12/h3-7,12,17H,2,8-11,15H2,1H3. The van der Waals surface area contributed by atoms with Gasteiger partial charge in [-0.05, 0) is 37.8 Å². The lowest BCUT2D eigenvalue weighted by Gasteiger charge is -2.34. The van der Waals surface area contributed by atoms with Crippen LogP contribution in [0.4, 0.5) is 5.69 Å². The molecule has 1 unspecified atom stereocenters. The quantitative estimate of drug-likeness (QED) is 0.786. The van der Waals surface area contributed by atoms with E-state index in [2.05, 4.69) is 24.0 Å². The Morgan fingerprint density at radius 3 is 2.47 bits per heavy atom. The molecule has 3 nitrogen and oxygen atoms in total. The summed E-state index contributed by atoms with van der Waals surface area (Å²) in [6, 6.07) is 10.2. The topological polar surface area (TPSA) is 49.5 Å². The van der Waals surface area contributed by atoms with Gasteiger partial charge >= 0.3 is 0 Å². The zero-order valence-electron chi connectivity index (χ0n) is 10.5. The molecule has 0 bridgehead atoms. The summed E-state index contributed by atoms with van der Waals surface area (Å²) in [6.07, 6.45) is 2.22. The maximum Gasteiger partial charge on any atom is 0.0970 e. The van der Waals surface area contributed by atoms with Gasteiger partial charge in [-0.3, -0.25) is 0 Å². The van der Waals surface area contributed by atoms with E-state index in [4.69, 9.17) is 5.73 Å². The van der Waals surface area contributed by atoms with Crippen LogP contribution in [0.5, 0.6) is 0 Å². The Balaban J connectivity index is 2.09. The van der Waals surface area contributed by atoms with Crippen LogP contribution in [0.2, 0.25) is 0 Å². The van der Waals surface area contributed by atoms with Crippen molar-refractivity contribution >= 4 is 5.69 Å². The number of nitrogens with two attached hydrogens (primary N) is 1. The fraction of sp³-hybridized carbons (Fsp3) is 0.571. The van der Waals surface area contributed by atoms with Gasteiger partial charge in [-0.25, -0.2) is 0 Å². The summed E-state index contributed by atoms with van der Waals surface area (Å²) >= 11 is 0. The van der Waals surface area contributed by atoms with E-state index in [9.17, 15) is 5.11 Å². The molecule has 0 heterocycles. The molecule has 0 radical (unpaired) electrons. The van der Waals surface area contributed by atoms with Crippen molar-refractivity contribution in [2.75, 3.05) is 24.5 Å². The van der Waals surface area contributed by atoms with Gasteiger partial charge in [0.1, 0.15) is 0 Å². The van der Waals surface area contributed by atoms with Gasteiger partial charge in [-0.15, -0.1) is 0 Å². The summed E-state index contributed by atoms with van der Waals surface area (Å²) in [5, 5.41) is 10.6. The van der Waals surface area contributed by atoms with Crippen LogP contribution in [-0.4, -0.2) is 30.3 Å². The predicted molar refractivity (Wildman–Crippen MR) is 71.1 cm³/mol. The monoisotopic (exact) mass is 234 g/mol. The highest BCUT2D eigenvalue weighted by Crippen LogP contribution is 2.40. The zero-order chi connectivity index (χ0) is 12.3. The van der Waals surface area contributed by atoms with Gasteiger partial charge in [0.15, 0.2) is 0 Å². The Bertz CT molecular complexity index is 350. The van der Waals surface area contributed by atoms with Crippen molar-refractivity contribution in [1.29, 1.82) is 0 Å². The third-order valence-electron chi connectivity index (χ3n) is 3.66. The van der Waals surface area contributed by atoms with Gasteiger partial charge in [0.2, 0.25) is 0 Å². The first-order valence-electron chi connectivity index (χ1n) is 6.42. The van der Waals surface area contributed by atoms with Crippen LogP contribution in [0.3, 0.4) is 0 Å². The van der Waals surface area contributed by atoms with Gasteiger partial charge in [-0.2, -0.15) is 0 Å². The predicted octanol–water partition coefficient (Wildman–Crippen LogP) is 1.61. The number of benzene rings is 1. The highest BCUT2D eigenvalue weighted by molar-refractivity contribution is 5.46. The van der Waals surface area contributed by atoms with Gasteiger partial charge in [-0.1, -0.05) is 18.2 Å². The lowest BCUT2D eigenvalue weighted by molar-refractivity contribution is 0.0336. The molecular formula is C14H22N2O. The van der Waals surface area contributed by atoms with Crippen molar-refractivity contribution in [3.05, 3.63) is 30.3 Å². The molecule has 0 spiro atoms. The maximum atomic E-state index is 10.6. The van der Waals surface area contributed by atoms with Crippen LogP contribution in [0, 0.1) is 5.92 Å². The largest absolute Gasteiger partial charge is 0.386 e. The molecular weight excluding hydrogens is 212 g/mol. The van der Waals surface area contributed by atoms with E-state index < -0.39 is 5.60 Å². The summed E-state index contributed by atoms with van der Waals surface area (Å²) in [5.74, 6) is 0.394. The molecule has 1 fully saturated rings. The number of hydrogen-bond acceptors (Lipinski definition) is 3. The van der Waals surface area contributed by atoms with E-state index in [1.807, 2.05) is 18.2 Å². The Morgan fingerprint density at radius 2 is 2.00 bits per heavy atom. The molecule has 1 aromatic carbocycles. The van der Waals surface area contributed by atoms with E-state index in [0.29, 0.717) is 19.0 Å². The molecule has 2 rings (SSSR count). The number of anilines is 1. The minimum Gasteiger partial charge on any atom is -0.386 e. The average Bonchev–Trinajstić information content (AvgIpc) is 3.21. The first kappa shape index (κ1) is 12.4. The minimum atomic E-state index is -0.716. The molecule has 0 aliphatic heterocycles. The van der Waals surface area contributed by atoms with Crippen LogP contribution < -0.4 is 10.6 Å². The lowest BCUT2D eigenvalue weighted by atomic mass is 9.97. The van der Waals surface area contributed by atoms with Crippen LogP contribution in [0.15, 0.2) is 30.3 Å². The molecule has 94 valence electrons. The van der Waals surface area contributed by atoms with E-state index in [1.54, 1.807) is 0 Å². The van der Waals surface area contributed by atoms with Crippen molar-refractivity contribution < 1.29 is 5.11 Å². The number of aliphatic hydroxyl groups is 1. The Hall–Kier alpha value is -1.06. The lowest BCUT2D eigenvalue weighted by Crippen LogP contribution is -2.50. The summed E-state index contributed by atoms with van der Waals surface area (Å²) in [5.41, 5.74) is 6.19. The Kier molecular flexibility index (Phi) is 3.69. The number of hydrogen-bond donors (Lipinski definition) is 2. The van der Waals surface area contributed by atoms with Crippen LogP contribution >= 0.6 is 0 Å². The van der Waals surface area contributed by atoms with Crippen molar-refractivity contribution in [3.63, 3.8) is 0 Å². The first-order valence-corrected chi connectivity index (χ1v) is 6.42. The normalized spacial score (nSPS) is 18.8. The number of para-hydroxylation sites is 1. The summed E-state index contributed by atoms with van der Waals surface area (Å²) < 4.78 is 0. The molecule has 1 atom stereocenters. The molecule has 1 aromatic rings.